The first-order valence-corrected chi connectivity index (χ1v) is 9.82. The first kappa shape index (κ1) is 16.1. The van der Waals surface area contributed by atoms with Gasteiger partial charge in [0.15, 0.2) is 11.5 Å². The van der Waals surface area contributed by atoms with Gasteiger partial charge in [0.05, 0.1) is 22.3 Å². The highest BCUT2D eigenvalue weighted by Crippen LogP contribution is 2.54. The van der Waals surface area contributed by atoms with Gasteiger partial charge in [-0.05, 0) is 31.7 Å². The number of hydrogen-bond donors (Lipinski definition) is 1. The summed E-state index contributed by atoms with van der Waals surface area (Å²) in [6.45, 7) is 3.67. The maximum Gasteiger partial charge on any atom is 0.339 e. The number of benzene rings is 1. The number of methoxy groups -OCH3 is 2. The molecule has 0 bridgehead atoms. The lowest BCUT2D eigenvalue weighted by Crippen LogP contribution is -2.57. The summed E-state index contributed by atoms with van der Waals surface area (Å²) >= 11 is 6.26. The van der Waals surface area contributed by atoms with E-state index in [1.165, 1.54) is 0 Å². The van der Waals surface area contributed by atoms with E-state index in [4.69, 9.17) is 34.7 Å². The Morgan fingerprint density at radius 3 is 2.61 bits per heavy atom. The van der Waals surface area contributed by atoms with Crippen LogP contribution in [0.5, 0.6) is 17.2 Å². The summed E-state index contributed by atoms with van der Waals surface area (Å²) < 4.78 is 44.7. The molecule has 2 aliphatic heterocycles. The van der Waals surface area contributed by atoms with Crippen molar-refractivity contribution in [3.8, 4) is 17.2 Å². The molecule has 1 atom stereocenters. The van der Waals surface area contributed by atoms with E-state index in [1.807, 2.05) is 0 Å². The van der Waals surface area contributed by atoms with Gasteiger partial charge in [0.25, 0.3) is 5.79 Å². The number of hydrogen-bond acceptors (Lipinski definition) is 6. The maximum atomic E-state index is 11.7. The molecule has 1 aliphatic carbocycles. The Bertz CT molecular complexity index is 867. The van der Waals surface area contributed by atoms with Crippen LogP contribution in [0.15, 0.2) is 6.07 Å². The highest BCUT2D eigenvalue weighted by Gasteiger charge is 2.49. The number of rotatable bonds is 5. The molecule has 1 saturated carbocycles. The molecule has 1 aromatic rings. The second-order valence-electron chi connectivity index (χ2n) is 7.84. The number of halogens is 1. The molecule has 1 N–H and O–H groups in total. The molecule has 28 heavy (non-hydrogen) atoms. The van der Waals surface area contributed by atoms with E-state index in [0.29, 0.717) is 12.1 Å². The Labute approximate surface area is 173 Å². The van der Waals surface area contributed by atoms with Crippen LogP contribution in [0.3, 0.4) is 0 Å². The smallest absolute Gasteiger partial charge is 0.339 e. The van der Waals surface area contributed by atoms with Gasteiger partial charge in [-0.2, -0.15) is 0 Å². The van der Waals surface area contributed by atoms with Gasteiger partial charge in [-0.25, -0.2) is 4.79 Å². The molecule has 1 saturated heterocycles. The zero-order chi connectivity index (χ0) is 22.6. The fourth-order valence-electron chi connectivity index (χ4n) is 4.51. The third kappa shape index (κ3) is 3.19. The number of carboxylic acid groups (broad SMARTS) is 1. The highest BCUT2D eigenvalue weighted by atomic mass is 35.5. The van der Waals surface area contributed by atoms with Gasteiger partial charge < -0.3 is 24.1 Å². The number of ether oxygens (including phenoxy) is 4. The molecule has 0 radical (unpaired) electrons. The lowest BCUT2D eigenvalue weighted by atomic mass is 9.80. The fourth-order valence-corrected chi connectivity index (χ4v) is 4.75. The number of fused-ring (bicyclic) bond motifs is 1. The molecular formula is C20H26ClNO6. The SMILES string of the molecule is [2H]C([2H])([2H])Oc1c(C(=O)O)cc(Cl)c2c1OC(C)(C1CCC(N3CC(OC)C3)CC1)O2. The quantitative estimate of drug-likeness (QED) is 0.790. The van der Waals surface area contributed by atoms with E-state index >= 15 is 0 Å². The average molecular weight is 415 g/mol. The molecule has 0 amide bonds. The van der Waals surface area contributed by atoms with E-state index in [-0.39, 0.29) is 28.0 Å². The van der Waals surface area contributed by atoms with E-state index in [2.05, 4.69) is 4.90 Å². The molecule has 0 spiro atoms. The summed E-state index contributed by atoms with van der Waals surface area (Å²) in [6, 6.07) is 1.62. The average Bonchev–Trinajstić information content (AvgIpc) is 3.02. The van der Waals surface area contributed by atoms with E-state index in [9.17, 15) is 9.90 Å². The normalized spacial score (nSPS) is 32.2. The van der Waals surface area contributed by atoms with Crippen molar-refractivity contribution in [3.63, 3.8) is 0 Å². The van der Waals surface area contributed by atoms with Crippen molar-refractivity contribution in [2.24, 2.45) is 5.92 Å². The summed E-state index contributed by atoms with van der Waals surface area (Å²) in [5.74, 6) is -2.79. The Hall–Kier alpha value is -1.70. The zero-order valence-corrected chi connectivity index (χ0v) is 16.6. The van der Waals surface area contributed by atoms with Crippen molar-refractivity contribution in [2.75, 3.05) is 27.2 Å². The lowest BCUT2D eigenvalue weighted by Gasteiger charge is -2.47. The summed E-state index contributed by atoms with van der Waals surface area (Å²) in [5.41, 5.74) is -0.387. The van der Waals surface area contributed by atoms with Crippen molar-refractivity contribution < 1.29 is 33.0 Å². The molecule has 2 fully saturated rings. The van der Waals surface area contributed by atoms with Gasteiger partial charge >= 0.3 is 5.97 Å². The van der Waals surface area contributed by atoms with E-state index in [0.717, 1.165) is 44.8 Å². The first-order chi connectivity index (χ1) is 14.5. The van der Waals surface area contributed by atoms with Crippen LogP contribution in [0.2, 0.25) is 5.02 Å². The van der Waals surface area contributed by atoms with E-state index < -0.39 is 24.5 Å². The number of carbonyl (C=O) groups is 1. The van der Waals surface area contributed by atoms with Crippen molar-refractivity contribution in [1.82, 2.24) is 4.90 Å². The van der Waals surface area contributed by atoms with Crippen LogP contribution < -0.4 is 14.2 Å². The van der Waals surface area contributed by atoms with Gasteiger partial charge in [-0.3, -0.25) is 4.90 Å². The first-order valence-electron chi connectivity index (χ1n) is 10.9. The lowest BCUT2D eigenvalue weighted by molar-refractivity contribution is -0.130. The van der Waals surface area contributed by atoms with Crippen LogP contribution >= 0.6 is 11.6 Å². The van der Waals surface area contributed by atoms with Crippen LogP contribution in [0.4, 0.5) is 0 Å². The second-order valence-corrected chi connectivity index (χ2v) is 8.24. The van der Waals surface area contributed by atoms with Crippen molar-refractivity contribution in [1.29, 1.82) is 0 Å². The van der Waals surface area contributed by atoms with Crippen LogP contribution in [0.25, 0.3) is 0 Å². The van der Waals surface area contributed by atoms with Crippen LogP contribution in [0.1, 0.15) is 47.1 Å². The molecule has 2 heterocycles. The van der Waals surface area contributed by atoms with Gasteiger partial charge in [0, 0.05) is 39.1 Å². The van der Waals surface area contributed by atoms with Crippen LogP contribution in [-0.2, 0) is 4.74 Å². The van der Waals surface area contributed by atoms with Gasteiger partial charge in [-0.1, -0.05) is 11.6 Å². The number of aromatic carboxylic acids is 1. The molecule has 154 valence electrons. The summed E-state index contributed by atoms with van der Waals surface area (Å²) in [4.78, 5) is 14.1. The number of likely N-dealkylation sites (tertiary alicyclic amines) is 1. The fraction of sp³-hybridized carbons (Fsp3) is 0.650. The summed E-state index contributed by atoms with van der Waals surface area (Å²) in [5, 5.41) is 9.55. The Morgan fingerprint density at radius 1 is 1.32 bits per heavy atom. The van der Waals surface area contributed by atoms with E-state index in [1.54, 1.807) is 14.0 Å². The third-order valence-electron chi connectivity index (χ3n) is 6.25. The van der Waals surface area contributed by atoms with Crippen molar-refractivity contribution in [2.45, 2.75) is 50.5 Å². The molecule has 7 nitrogen and oxygen atoms in total. The largest absolute Gasteiger partial charge is 0.492 e. The zero-order valence-electron chi connectivity index (χ0n) is 18.9. The van der Waals surface area contributed by atoms with Crippen molar-refractivity contribution in [3.05, 3.63) is 16.7 Å². The predicted octanol–water partition coefficient (Wildman–Crippen LogP) is 3.42. The van der Waals surface area contributed by atoms with Crippen LogP contribution in [-0.4, -0.2) is 61.1 Å². The molecule has 0 aromatic heterocycles. The Morgan fingerprint density at radius 2 is 2.00 bits per heavy atom. The summed E-state index contributed by atoms with van der Waals surface area (Å²) in [6.07, 6.45) is 3.97. The topological polar surface area (TPSA) is 77.5 Å². The second kappa shape index (κ2) is 7.28. The molecule has 8 heteroatoms. The standard InChI is InChI=1S/C20H26ClNO6/c1-20(11-4-6-12(7-5-11)22-9-13(10-22)25-2)27-17-15(21)8-14(19(23)24)16(26-3)18(17)28-20/h8,11-13H,4-7,9-10H2,1-3H3,(H,23,24)/i3D3. The van der Waals surface area contributed by atoms with Gasteiger partial charge in [0.1, 0.15) is 5.56 Å². The van der Waals surface area contributed by atoms with Gasteiger partial charge in [-0.15, -0.1) is 0 Å². The van der Waals surface area contributed by atoms with Crippen LogP contribution in [0, 0.1) is 5.92 Å². The summed E-state index contributed by atoms with van der Waals surface area (Å²) in [7, 11) is -1.12. The van der Waals surface area contributed by atoms with Crippen molar-refractivity contribution >= 4 is 17.6 Å². The maximum absolute atomic E-state index is 11.7. The Kier molecular flexibility index (Phi) is 4.20. The predicted molar refractivity (Wildman–Crippen MR) is 103 cm³/mol. The highest BCUT2D eigenvalue weighted by molar-refractivity contribution is 6.33. The molecule has 1 aromatic carbocycles. The molecular weight excluding hydrogens is 386 g/mol. The van der Waals surface area contributed by atoms with Gasteiger partial charge in [0.2, 0.25) is 5.75 Å². The monoisotopic (exact) mass is 414 g/mol. The molecule has 4 rings (SSSR count). The number of nitrogens with zero attached hydrogens (tertiary/aromatic N) is 1. The Balaban J connectivity index is 1.53. The molecule has 1 unspecified atom stereocenters. The minimum absolute atomic E-state index is 0.0283. The third-order valence-corrected chi connectivity index (χ3v) is 6.53. The molecule has 3 aliphatic rings. The number of carboxylic acids is 1. The minimum Gasteiger partial charge on any atom is -0.492 e. The minimum atomic E-state index is -2.86.